The second-order valence-corrected chi connectivity index (χ2v) is 8.01. The summed E-state index contributed by atoms with van der Waals surface area (Å²) in [6.45, 7) is 2.21. The SMILES string of the molecule is O=C(NCC(O)CNc1ccc(CN2CCOCC2=O)cc1)C1=CC(Cl)=CCC1=S. The third-order valence-corrected chi connectivity index (χ3v) is 5.41. The van der Waals surface area contributed by atoms with Gasteiger partial charge in [-0.05, 0) is 23.8 Å². The van der Waals surface area contributed by atoms with Gasteiger partial charge in [-0.1, -0.05) is 42.0 Å². The van der Waals surface area contributed by atoms with Crippen molar-refractivity contribution in [2.45, 2.75) is 19.1 Å². The second-order valence-electron chi connectivity index (χ2n) is 7.08. The average molecular weight is 450 g/mol. The van der Waals surface area contributed by atoms with Gasteiger partial charge in [0, 0.05) is 48.2 Å². The highest BCUT2D eigenvalue weighted by Crippen LogP contribution is 2.18. The van der Waals surface area contributed by atoms with Crippen molar-refractivity contribution in [3.8, 4) is 0 Å². The number of anilines is 1. The van der Waals surface area contributed by atoms with Crippen molar-refractivity contribution in [1.82, 2.24) is 10.2 Å². The molecule has 2 aliphatic rings. The maximum absolute atomic E-state index is 12.2. The molecule has 3 N–H and O–H groups in total. The van der Waals surface area contributed by atoms with E-state index < -0.39 is 6.10 Å². The van der Waals surface area contributed by atoms with Gasteiger partial charge in [0.25, 0.3) is 5.91 Å². The number of aliphatic hydroxyl groups excluding tert-OH is 1. The Morgan fingerprint density at radius 3 is 2.80 bits per heavy atom. The quantitative estimate of drug-likeness (QED) is 0.524. The standard InChI is InChI=1S/C21H24ClN3O4S/c22-15-3-6-19(30)18(9-15)21(28)24-11-17(26)10-23-16-4-1-14(2-5-16)12-25-7-8-29-13-20(25)27/h1-5,9,17,23,26H,6-8,10-13H2,(H,24,28). The van der Waals surface area contributed by atoms with E-state index in [1.807, 2.05) is 24.3 Å². The Morgan fingerprint density at radius 1 is 1.30 bits per heavy atom. The van der Waals surface area contributed by atoms with E-state index in [1.165, 1.54) is 0 Å². The van der Waals surface area contributed by atoms with Crippen molar-refractivity contribution in [1.29, 1.82) is 0 Å². The molecule has 1 aromatic carbocycles. The van der Waals surface area contributed by atoms with Gasteiger partial charge >= 0.3 is 0 Å². The fourth-order valence-corrected chi connectivity index (χ4v) is 3.47. The molecule has 2 amide bonds. The molecule has 1 aliphatic carbocycles. The van der Waals surface area contributed by atoms with Gasteiger partial charge in [0.2, 0.25) is 5.91 Å². The number of allylic oxidation sites excluding steroid dienone is 3. The Morgan fingerprint density at radius 2 is 2.07 bits per heavy atom. The Balaban J connectivity index is 1.41. The molecule has 0 spiro atoms. The molecule has 1 aromatic rings. The number of hydrogen-bond acceptors (Lipinski definition) is 6. The molecule has 30 heavy (non-hydrogen) atoms. The van der Waals surface area contributed by atoms with Gasteiger partial charge in [-0.15, -0.1) is 0 Å². The molecule has 1 atom stereocenters. The van der Waals surface area contributed by atoms with Crippen LogP contribution in [-0.2, 0) is 20.9 Å². The predicted molar refractivity (Wildman–Crippen MR) is 119 cm³/mol. The Labute approximate surface area is 185 Å². The topological polar surface area (TPSA) is 90.9 Å². The Hall–Kier alpha value is -2.26. The highest BCUT2D eigenvalue weighted by molar-refractivity contribution is 7.81. The fourth-order valence-electron chi connectivity index (χ4n) is 3.05. The summed E-state index contributed by atoms with van der Waals surface area (Å²) in [4.78, 5) is 26.3. The number of thiocarbonyl (C=S) groups is 1. The van der Waals surface area contributed by atoms with Gasteiger partial charge in [0.15, 0.2) is 0 Å². The summed E-state index contributed by atoms with van der Waals surface area (Å²) in [7, 11) is 0. The van der Waals surface area contributed by atoms with Crippen molar-refractivity contribution in [3.63, 3.8) is 0 Å². The van der Waals surface area contributed by atoms with E-state index >= 15 is 0 Å². The maximum atomic E-state index is 12.2. The smallest absolute Gasteiger partial charge is 0.252 e. The molecule has 1 fully saturated rings. The molecule has 0 saturated carbocycles. The lowest BCUT2D eigenvalue weighted by Gasteiger charge is -2.26. The van der Waals surface area contributed by atoms with Crippen LogP contribution in [0.1, 0.15) is 12.0 Å². The summed E-state index contributed by atoms with van der Waals surface area (Å²) in [5.41, 5.74) is 2.23. The van der Waals surface area contributed by atoms with Crippen LogP contribution in [0.2, 0.25) is 0 Å². The first-order chi connectivity index (χ1) is 14.4. The molecule has 9 heteroatoms. The zero-order valence-electron chi connectivity index (χ0n) is 16.4. The zero-order chi connectivity index (χ0) is 21.5. The monoisotopic (exact) mass is 449 g/mol. The van der Waals surface area contributed by atoms with E-state index in [2.05, 4.69) is 10.6 Å². The average Bonchev–Trinajstić information content (AvgIpc) is 2.75. The summed E-state index contributed by atoms with van der Waals surface area (Å²) in [5.74, 6) is -0.344. The lowest BCUT2D eigenvalue weighted by molar-refractivity contribution is -0.143. The van der Waals surface area contributed by atoms with Crippen molar-refractivity contribution in [3.05, 3.63) is 52.6 Å². The summed E-state index contributed by atoms with van der Waals surface area (Å²) < 4.78 is 5.13. The first-order valence-electron chi connectivity index (χ1n) is 9.67. The van der Waals surface area contributed by atoms with E-state index in [-0.39, 0.29) is 31.5 Å². The number of halogens is 1. The molecule has 0 aromatic heterocycles. The Bertz CT molecular complexity index is 870. The molecule has 7 nitrogen and oxygen atoms in total. The van der Waals surface area contributed by atoms with Crippen LogP contribution in [0.15, 0.2) is 47.0 Å². The predicted octanol–water partition coefficient (Wildman–Crippen LogP) is 1.76. The minimum atomic E-state index is -0.775. The van der Waals surface area contributed by atoms with E-state index in [4.69, 9.17) is 28.6 Å². The molecular formula is C21H24ClN3O4S. The lowest BCUT2D eigenvalue weighted by Crippen LogP contribution is -2.40. The summed E-state index contributed by atoms with van der Waals surface area (Å²) >= 11 is 11.1. The fraction of sp³-hybridized carbons (Fsp3) is 0.381. The number of morpholine rings is 1. The minimum absolute atomic E-state index is 0.00309. The van der Waals surface area contributed by atoms with Crippen LogP contribution < -0.4 is 10.6 Å². The highest BCUT2D eigenvalue weighted by atomic mass is 35.5. The molecule has 1 unspecified atom stereocenters. The number of amides is 2. The number of ether oxygens (including phenoxy) is 1. The number of carbonyl (C=O) groups excluding carboxylic acids is 2. The van der Waals surface area contributed by atoms with Crippen molar-refractivity contribution in [2.24, 2.45) is 0 Å². The molecule has 160 valence electrons. The van der Waals surface area contributed by atoms with Gasteiger partial charge in [-0.3, -0.25) is 9.59 Å². The Kier molecular flexibility index (Phi) is 7.98. The van der Waals surface area contributed by atoms with E-state index in [0.29, 0.717) is 41.6 Å². The second kappa shape index (κ2) is 10.7. The van der Waals surface area contributed by atoms with Crippen molar-refractivity contribution in [2.75, 3.05) is 38.2 Å². The van der Waals surface area contributed by atoms with Crippen LogP contribution in [0.5, 0.6) is 0 Å². The highest BCUT2D eigenvalue weighted by Gasteiger charge is 2.19. The van der Waals surface area contributed by atoms with Gasteiger partial charge in [-0.25, -0.2) is 0 Å². The zero-order valence-corrected chi connectivity index (χ0v) is 18.0. The number of benzene rings is 1. The molecule has 3 rings (SSSR count). The number of aliphatic hydroxyl groups is 1. The number of hydrogen-bond donors (Lipinski definition) is 3. The lowest BCUT2D eigenvalue weighted by atomic mass is 10.0. The molecule has 0 bridgehead atoms. The van der Waals surface area contributed by atoms with E-state index in [1.54, 1.807) is 17.1 Å². The molecular weight excluding hydrogens is 426 g/mol. The van der Waals surface area contributed by atoms with Crippen LogP contribution >= 0.6 is 23.8 Å². The number of rotatable bonds is 8. The van der Waals surface area contributed by atoms with Crippen molar-refractivity contribution >= 4 is 46.2 Å². The van der Waals surface area contributed by atoms with Gasteiger partial charge in [0.05, 0.1) is 18.3 Å². The first kappa shape index (κ1) is 22.4. The van der Waals surface area contributed by atoms with E-state index in [9.17, 15) is 14.7 Å². The van der Waals surface area contributed by atoms with Gasteiger partial charge < -0.3 is 25.4 Å². The summed E-state index contributed by atoms with van der Waals surface area (Å²) in [6, 6.07) is 7.66. The number of carbonyl (C=O) groups is 2. The number of nitrogens with one attached hydrogen (secondary N) is 2. The first-order valence-corrected chi connectivity index (χ1v) is 10.5. The van der Waals surface area contributed by atoms with Crippen molar-refractivity contribution < 1.29 is 19.4 Å². The van der Waals surface area contributed by atoms with Crippen LogP contribution in [-0.4, -0.2) is 65.6 Å². The summed E-state index contributed by atoms with van der Waals surface area (Å²) in [6.07, 6.45) is 2.99. The van der Waals surface area contributed by atoms with Gasteiger partial charge in [-0.2, -0.15) is 0 Å². The third kappa shape index (κ3) is 6.37. The van der Waals surface area contributed by atoms with Crippen LogP contribution in [0.4, 0.5) is 5.69 Å². The molecule has 0 radical (unpaired) electrons. The van der Waals surface area contributed by atoms with Crippen LogP contribution in [0, 0.1) is 0 Å². The van der Waals surface area contributed by atoms with Crippen LogP contribution in [0.3, 0.4) is 0 Å². The molecule has 1 saturated heterocycles. The minimum Gasteiger partial charge on any atom is -0.389 e. The molecule has 1 heterocycles. The third-order valence-electron chi connectivity index (χ3n) is 4.76. The van der Waals surface area contributed by atoms with Gasteiger partial charge in [0.1, 0.15) is 6.61 Å². The normalized spacial score (nSPS) is 17.9. The van der Waals surface area contributed by atoms with E-state index in [0.717, 1.165) is 11.3 Å². The largest absolute Gasteiger partial charge is 0.389 e. The maximum Gasteiger partial charge on any atom is 0.252 e. The van der Waals surface area contributed by atoms with Crippen LogP contribution in [0.25, 0.3) is 0 Å². The number of nitrogens with zero attached hydrogens (tertiary/aromatic N) is 1. The molecule has 1 aliphatic heterocycles. The summed E-state index contributed by atoms with van der Waals surface area (Å²) in [5, 5.41) is 16.4.